The minimum Gasteiger partial charge on any atom is -0.350 e. The van der Waals surface area contributed by atoms with E-state index in [2.05, 4.69) is 15.4 Å². The van der Waals surface area contributed by atoms with E-state index in [9.17, 15) is 4.79 Å². The number of amides is 1. The fourth-order valence-corrected chi connectivity index (χ4v) is 1.68. The predicted molar refractivity (Wildman–Crippen MR) is 68.7 cm³/mol. The van der Waals surface area contributed by atoms with Gasteiger partial charge in [-0.05, 0) is 32.9 Å². The molecule has 0 aliphatic heterocycles. The van der Waals surface area contributed by atoms with Gasteiger partial charge in [0.2, 0.25) is 0 Å². The molecule has 0 saturated heterocycles. The highest BCUT2D eigenvalue weighted by molar-refractivity contribution is 5.95. The third-order valence-corrected chi connectivity index (χ3v) is 2.54. The van der Waals surface area contributed by atoms with Crippen molar-refractivity contribution in [2.24, 2.45) is 0 Å². The number of nitrogens with zero attached hydrogens (tertiary/aromatic N) is 3. The quantitative estimate of drug-likeness (QED) is 0.894. The minimum atomic E-state index is -0.107. The molecule has 0 atom stereocenters. The maximum Gasteiger partial charge on any atom is 0.254 e. The molecule has 2 rings (SSSR count). The first kappa shape index (κ1) is 12.3. The number of hydrogen-bond acceptors (Lipinski definition) is 3. The standard InChI is InChI=1S/C13H16N4O/c1-9(2)16-13(18)11-8-15-17(10(11)3)12-6-4-5-7-14-12/h4-9H,1-3H3,(H,16,18). The van der Waals surface area contributed by atoms with Crippen molar-refractivity contribution in [3.8, 4) is 5.82 Å². The molecular weight excluding hydrogens is 228 g/mol. The smallest absolute Gasteiger partial charge is 0.254 e. The van der Waals surface area contributed by atoms with Crippen LogP contribution in [0.1, 0.15) is 29.9 Å². The lowest BCUT2D eigenvalue weighted by Gasteiger charge is -2.08. The molecule has 1 N–H and O–H groups in total. The van der Waals surface area contributed by atoms with Crippen LogP contribution in [0.4, 0.5) is 0 Å². The Hall–Kier alpha value is -2.17. The van der Waals surface area contributed by atoms with Crippen LogP contribution in [0, 0.1) is 6.92 Å². The van der Waals surface area contributed by atoms with Gasteiger partial charge in [0.05, 0.1) is 17.5 Å². The van der Waals surface area contributed by atoms with Gasteiger partial charge in [0.25, 0.3) is 5.91 Å². The van der Waals surface area contributed by atoms with E-state index in [0.717, 1.165) is 5.69 Å². The largest absolute Gasteiger partial charge is 0.350 e. The molecule has 0 aromatic carbocycles. The predicted octanol–water partition coefficient (Wildman–Crippen LogP) is 1.71. The Labute approximate surface area is 106 Å². The summed E-state index contributed by atoms with van der Waals surface area (Å²) < 4.78 is 1.66. The van der Waals surface area contributed by atoms with E-state index in [1.807, 2.05) is 39.0 Å². The Morgan fingerprint density at radius 2 is 2.17 bits per heavy atom. The molecule has 0 fully saturated rings. The number of carbonyl (C=O) groups is 1. The van der Waals surface area contributed by atoms with E-state index in [1.54, 1.807) is 17.1 Å². The second kappa shape index (κ2) is 5.00. The van der Waals surface area contributed by atoms with Gasteiger partial charge in [-0.3, -0.25) is 4.79 Å². The van der Waals surface area contributed by atoms with Crippen molar-refractivity contribution in [3.63, 3.8) is 0 Å². The van der Waals surface area contributed by atoms with E-state index < -0.39 is 0 Å². The molecule has 0 bridgehead atoms. The van der Waals surface area contributed by atoms with Gasteiger partial charge in [-0.1, -0.05) is 6.07 Å². The van der Waals surface area contributed by atoms with E-state index in [4.69, 9.17) is 0 Å². The molecule has 0 aliphatic rings. The average molecular weight is 244 g/mol. The number of pyridine rings is 1. The number of aromatic nitrogens is 3. The second-order valence-corrected chi connectivity index (χ2v) is 4.37. The van der Waals surface area contributed by atoms with Crippen molar-refractivity contribution in [2.75, 3.05) is 0 Å². The van der Waals surface area contributed by atoms with Crippen molar-refractivity contribution in [1.29, 1.82) is 0 Å². The first-order chi connectivity index (χ1) is 8.59. The van der Waals surface area contributed by atoms with Crippen LogP contribution in [-0.2, 0) is 0 Å². The van der Waals surface area contributed by atoms with E-state index in [0.29, 0.717) is 11.4 Å². The van der Waals surface area contributed by atoms with Crippen LogP contribution in [0.3, 0.4) is 0 Å². The summed E-state index contributed by atoms with van der Waals surface area (Å²) in [6.07, 6.45) is 3.27. The van der Waals surface area contributed by atoms with Crippen molar-refractivity contribution < 1.29 is 4.79 Å². The third-order valence-electron chi connectivity index (χ3n) is 2.54. The molecule has 5 nitrogen and oxygen atoms in total. The zero-order chi connectivity index (χ0) is 13.1. The summed E-state index contributed by atoms with van der Waals surface area (Å²) in [5.74, 6) is 0.600. The number of nitrogens with one attached hydrogen (secondary N) is 1. The number of hydrogen-bond donors (Lipinski definition) is 1. The second-order valence-electron chi connectivity index (χ2n) is 4.37. The van der Waals surface area contributed by atoms with E-state index in [1.165, 1.54) is 0 Å². The molecule has 2 aromatic heterocycles. The van der Waals surface area contributed by atoms with Crippen molar-refractivity contribution in [2.45, 2.75) is 26.8 Å². The Balaban J connectivity index is 2.32. The summed E-state index contributed by atoms with van der Waals surface area (Å²) in [6.45, 7) is 5.71. The van der Waals surface area contributed by atoms with Gasteiger partial charge in [0, 0.05) is 12.2 Å². The maximum absolute atomic E-state index is 11.9. The lowest BCUT2D eigenvalue weighted by atomic mass is 10.2. The molecule has 94 valence electrons. The summed E-state index contributed by atoms with van der Waals surface area (Å²) in [5.41, 5.74) is 1.36. The minimum absolute atomic E-state index is 0.107. The monoisotopic (exact) mass is 244 g/mol. The molecule has 0 aliphatic carbocycles. The van der Waals surface area contributed by atoms with Crippen LogP contribution in [0.25, 0.3) is 5.82 Å². The van der Waals surface area contributed by atoms with Gasteiger partial charge in [-0.15, -0.1) is 0 Å². The highest BCUT2D eigenvalue weighted by Crippen LogP contribution is 2.12. The molecule has 0 radical (unpaired) electrons. The Kier molecular flexibility index (Phi) is 3.41. The van der Waals surface area contributed by atoms with Crippen molar-refractivity contribution in [3.05, 3.63) is 41.9 Å². The maximum atomic E-state index is 11.9. The van der Waals surface area contributed by atoms with Gasteiger partial charge < -0.3 is 5.32 Å². The fraction of sp³-hybridized carbons (Fsp3) is 0.308. The van der Waals surface area contributed by atoms with Crippen LogP contribution in [-0.4, -0.2) is 26.7 Å². The van der Waals surface area contributed by atoms with Crippen molar-refractivity contribution >= 4 is 5.91 Å². The highest BCUT2D eigenvalue weighted by Gasteiger charge is 2.15. The summed E-state index contributed by atoms with van der Waals surface area (Å²) in [7, 11) is 0. The SMILES string of the molecule is Cc1c(C(=O)NC(C)C)cnn1-c1ccccn1. The van der Waals surface area contributed by atoms with Crippen LogP contribution in [0.5, 0.6) is 0 Å². The normalized spacial score (nSPS) is 10.7. The summed E-state index contributed by atoms with van der Waals surface area (Å²) >= 11 is 0. The van der Waals surface area contributed by atoms with Gasteiger partial charge in [-0.25, -0.2) is 9.67 Å². The molecule has 0 spiro atoms. The third kappa shape index (κ3) is 2.40. The first-order valence-electron chi connectivity index (χ1n) is 5.86. The first-order valence-corrected chi connectivity index (χ1v) is 5.86. The summed E-state index contributed by atoms with van der Waals surface area (Å²) in [6, 6.07) is 5.69. The lowest BCUT2D eigenvalue weighted by Crippen LogP contribution is -2.30. The highest BCUT2D eigenvalue weighted by atomic mass is 16.1. The topological polar surface area (TPSA) is 59.8 Å². The average Bonchev–Trinajstić information content (AvgIpc) is 2.71. The van der Waals surface area contributed by atoms with E-state index >= 15 is 0 Å². The molecule has 18 heavy (non-hydrogen) atoms. The van der Waals surface area contributed by atoms with Gasteiger partial charge in [-0.2, -0.15) is 5.10 Å². The van der Waals surface area contributed by atoms with Crippen LogP contribution < -0.4 is 5.32 Å². The van der Waals surface area contributed by atoms with Crippen LogP contribution >= 0.6 is 0 Å². The molecule has 2 heterocycles. The van der Waals surface area contributed by atoms with Gasteiger partial charge in [0.15, 0.2) is 5.82 Å². The van der Waals surface area contributed by atoms with Crippen LogP contribution in [0.2, 0.25) is 0 Å². The molecule has 5 heteroatoms. The number of carbonyl (C=O) groups excluding carboxylic acids is 1. The molecule has 0 unspecified atom stereocenters. The number of rotatable bonds is 3. The van der Waals surface area contributed by atoms with Gasteiger partial charge in [0.1, 0.15) is 0 Å². The van der Waals surface area contributed by atoms with E-state index in [-0.39, 0.29) is 11.9 Å². The zero-order valence-electron chi connectivity index (χ0n) is 10.7. The lowest BCUT2D eigenvalue weighted by molar-refractivity contribution is 0.0942. The van der Waals surface area contributed by atoms with Crippen LogP contribution in [0.15, 0.2) is 30.6 Å². The molecule has 0 saturated carbocycles. The Morgan fingerprint density at radius 1 is 1.39 bits per heavy atom. The molecular formula is C13H16N4O. The van der Waals surface area contributed by atoms with Crippen molar-refractivity contribution in [1.82, 2.24) is 20.1 Å². The molecule has 1 amide bonds. The zero-order valence-corrected chi connectivity index (χ0v) is 10.7. The fourth-order valence-electron chi connectivity index (χ4n) is 1.68. The van der Waals surface area contributed by atoms with Gasteiger partial charge >= 0.3 is 0 Å². The summed E-state index contributed by atoms with van der Waals surface area (Å²) in [5, 5.41) is 7.06. The Morgan fingerprint density at radius 3 is 2.78 bits per heavy atom. The summed E-state index contributed by atoms with van der Waals surface area (Å²) in [4.78, 5) is 16.1. The Bertz CT molecular complexity index is 545. The molecule has 2 aromatic rings.